The highest BCUT2D eigenvalue weighted by atomic mass is 35.5. The molecular formula is C15H11ClF2N2O2. The molecule has 0 unspecified atom stereocenters. The Morgan fingerprint density at radius 1 is 1.05 bits per heavy atom. The molecule has 0 atom stereocenters. The lowest BCUT2D eigenvalue weighted by molar-refractivity contribution is 0.0961. The highest BCUT2D eigenvalue weighted by Crippen LogP contribution is 2.24. The molecule has 0 heterocycles. The van der Waals surface area contributed by atoms with Gasteiger partial charge in [-0.05, 0) is 36.4 Å². The summed E-state index contributed by atoms with van der Waals surface area (Å²) in [4.78, 5) is 23.6. The van der Waals surface area contributed by atoms with Gasteiger partial charge in [0.15, 0.2) is 0 Å². The second kappa shape index (κ2) is 6.53. The fourth-order valence-electron chi connectivity index (χ4n) is 1.77. The number of nitrogens with one attached hydrogen (secondary N) is 2. The van der Waals surface area contributed by atoms with Crippen LogP contribution in [0.2, 0.25) is 5.02 Å². The summed E-state index contributed by atoms with van der Waals surface area (Å²) >= 11 is 5.93. The number of anilines is 1. The molecular weight excluding hydrogens is 314 g/mol. The monoisotopic (exact) mass is 324 g/mol. The van der Waals surface area contributed by atoms with Crippen LogP contribution in [0.1, 0.15) is 20.7 Å². The topological polar surface area (TPSA) is 58.2 Å². The van der Waals surface area contributed by atoms with Gasteiger partial charge >= 0.3 is 0 Å². The van der Waals surface area contributed by atoms with Crippen molar-refractivity contribution in [2.24, 2.45) is 0 Å². The first kappa shape index (κ1) is 15.9. The molecule has 22 heavy (non-hydrogen) atoms. The Balaban J connectivity index is 2.32. The van der Waals surface area contributed by atoms with Crippen LogP contribution >= 0.6 is 11.6 Å². The van der Waals surface area contributed by atoms with Gasteiger partial charge in [-0.2, -0.15) is 0 Å². The summed E-state index contributed by atoms with van der Waals surface area (Å²) in [5.41, 5.74) is -0.0697. The summed E-state index contributed by atoms with van der Waals surface area (Å²) in [7, 11) is 1.46. The van der Waals surface area contributed by atoms with Gasteiger partial charge in [0, 0.05) is 12.6 Å². The normalized spacial score (nSPS) is 10.2. The first-order valence-electron chi connectivity index (χ1n) is 6.20. The largest absolute Gasteiger partial charge is 0.355 e. The first-order valence-corrected chi connectivity index (χ1v) is 6.58. The van der Waals surface area contributed by atoms with E-state index in [0.29, 0.717) is 0 Å². The van der Waals surface area contributed by atoms with Crippen LogP contribution in [-0.2, 0) is 0 Å². The van der Waals surface area contributed by atoms with E-state index in [1.54, 1.807) is 0 Å². The van der Waals surface area contributed by atoms with Crippen molar-refractivity contribution >= 4 is 29.1 Å². The van der Waals surface area contributed by atoms with E-state index >= 15 is 0 Å². The Hall–Kier alpha value is -2.47. The van der Waals surface area contributed by atoms with E-state index in [4.69, 9.17) is 11.6 Å². The molecule has 0 aliphatic heterocycles. The fourth-order valence-corrected chi connectivity index (χ4v) is 1.93. The molecule has 2 aromatic rings. The van der Waals surface area contributed by atoms with Gasteiger partial charge in [0.25, 0.3) is 11.8 Å². The molecule has 0 aliphatic carbocycles. The third-order valence-electron chi connectivity index (χ3n) is 2.88. The Kier molecular flexibility index (Phi) is 4.72. The van der Waals surface area contributed by atoms with Crippen LogP contribution < -0.4 is 10.6 Å². The van der Waals surface area contributed by atoms with Crippen LogP contribution in [0.25, 0.3) is 0 Å². The Bertz CT molecular complexity index is 750. The van der Waals surface area contributed by atoms with Gasteiger partial charge in [0.1, 0.15) is 11.6 Å². The van der Waals surface area contributed by atoms with Crippen molar-refractivity contribution in [2.75, 3.05) is 12.4 Å². The Morgan fingerprint density at radius 3 is 2.45 bits per heavy atom. The van der Waals surface area contributed by atoms with Crippen LogP contribution in [0.3, 0.4) is 0 Å². The van der Waals surface area contributed by atoms with E-state index in [0.717, 1.165) is 18.2 Å². The van der Waals surface area contributed by atoms with Gasteiger partial charge in [-0.25, -0.2) is 8.78 Å². The Labute approximate surface area is 130 Å². The number of halogens is 3. The predicted octanol–water partition coefficient (Wildman–Crippen LogP) is 3.23. The van der Waals surface area contributed by atoms with Gasteiger partial charge < -0.3 is 10.6 Å². The quantitative estimate of drug-likeness (QED) is 0.910. The molecule has 2 amide bonds. The van der Waals surface area contributed by atoms with Crippen molar-refractivity contribution in [2.45, 2.75) is 0 Å². The summed E-state index contributed by atoms with van der Waals surface area (Å²) < 4.78 is 26.7. The van der Waals surface area contributed by atoms with Gasteiger partial charge in [0.2, 0.25) is 0 Å². The standard InChI is InChI=1S/C15H11ClF2N2O2/c1-19-14(21)8-2-4-11(16)13(6-8)20-15(22)10-7-9(17)3-5-12(10)18/h2-7H,1H3,(H,19,21)(H,20,22). The van der Waals surface area contributed by atoms with Gasteiger partial charge in [-0.3, -0.25) is 9.59 Å². The zero-order chi connectivity index (χ0) is 16.3. The zero-order valence-corrected chi connectivity index (χ0v) is 12.2. The molecule has 0 saturated heterocycles. The molecule has 114 valence electrons. The van der Waals surface area contributed by atoms with E-state index < -0.39 is 23.1 Å². The molecule has 0 fully saturated rings. The second-order valence-corrected chi connectivity index (χ2v) is 4.76. The number of rotatable bonds is 3. The molecule has 4 nitrogen and oxygen atoms in total. The van der Waals surface area contributed by atoms with Crippen LogP contribution in [0, 0.1) is 11.6 Å². The minimum Gasteiger partial charge on any atom is -0.355 e. The molecule has 0 bridgehead atoms. The molecule has 0 spiro atoms. The maximum Gasteiger partial charge on any atom is 0.258 e. The van der Waals surface area contributed by atoms with Crippen LogP contribution in [0.5, 0.6) is 0 Å². The number of amides is 2. The van der Waals surface area contributed by atoms with E-state index in [2.05, 4.69) is 10.6 Å². The lowest BCUT2D eigenvalue weighted by atomic mass is 10.1. The fraction of sp³-hybridized carbons (Fsp3) is 0.0667. The van der Waals surface area contributed by atoms with E-state index in [-0.39, 0.29) is 22.2 Å². The average molecular weight is 325 g/mol. The van der Waals surface area contributed by atoms with Crippen LogP contribution in [0.4, 0.5) is 14.5 Å². The van der Waals surface area contributed by atoms with Crippen molar-refractivity contribution in [3.63, 3.8) is 0 Å². The van der Waals surface area contributed by atoms with Gasteiger partial charge in [-0.1, -0.05) is 11.6 Å². The molecule has 0 radical (unpaired) electrons. The molecule has 2 aromatic carbocycles. The molecule has 2 N–H and O–H groups in total. The maximum absolute atomic E-state index is 13.6. The van der Waals surface area contributed by atoms with Crippen molar-refractivity contribution in [1.82, 2.24) is 5.32 Å². The minimum atomic E-state index is -0.868. The second-order valence-electron chi connectivity index (χ2n) is 4.35. The summed E-state index contributed by atoms with van der Waals surface area (Å²) in [6.07, 6.45) is 0. The van der Waals surface area contributed by atoms with Crippen molar-refractivity contribution in [3.8, 4) is 0 Å². The van der Waals surface area contributed by atoms with Gasteiger partial charge in [-0.15, -0.1) is 0 Å². The smallest absolute Gasteiger partial charge is 0.258 e. The van der Waals surface area contributed by atoms with Crippen molar-refractivity contribution in [3.05, 3.63) is 64.2 Å². The summed E-state index contributed by atoms with van der Waals surface area (Å²) in [6.45, 7) is 0. The first-order chi connectivity index (χ1) is 10.4. The lowest BCUT2D eigenvalue weighted by Crippen LogP contribution is -2.19. The van der Waals surface area contributed by atoms with E-state index in [1.807, 2.05) is 0 Å². The van der Waals surface area contributed by atoms with Crippen molar-refractivity contribution < 1.29 is 18.4 Å². The highest BCUT2D eigenvalue weighted by molar-refractivity contribution is 6.34. The molecule has 7 heteroatoms. The number of carbonyl (C=O) groups excluding carboxylic acids is 2. The SMILES string of the molecule is CNC(=O)c1ccc(Cl)c(NC(=O)c2cc(F)ccc2F)c1. The van der Waals surface area contributed by atoms with Crippen molar-refractivity contribution in [1.29, 1.82) is 0 Å². The number of carbonyl (C=O) groups is 2. The maximum atomic E-state index is 13.6. The Morgan fingerprint density at radius 2 is 1.77 bits per heavy atom. The van der Waals surface area contributed by atoms with Gasteiger partial charge in [0.05, 0.1) is 16.3 Å². The van der Waals surface area contributed by atoms with E-state index in [1.165, 1.54) is 25.2 Å². The number of benzene rings is 2. The van der Waals surface area contributed by atoms with Crippen LogP contribution in [-0.4, -0.2) is 18.9 Å². The molecule has 0 aliphatic rings. The molecule has 0 saturated carbocycles. The minimum absolute atomic E-state index is 0.122. The lowest BCUT2D eigenvalue weighted by Gasteiger charge is -2.10. The summed E-state index contributed by atoms with van der Waals surface area (Å²) in [6, 6.07) is 6.78. The number of hydrogen-bond donors (Lipinski definition) is 2. The van der Waals surface area contributed by atoms with Crippen LogP contribution in [0.15, 0.2) is 36.4 Å². The van der Waals surface area contributed by atoms with E-state index in [9.17, 15) is 18.4 Å². The predicted molar refractivity (Wildman–Crippen MR) is 79.2 cm³/mol. The molecule has 2 rings (SSSR count). The third-order valence-corrected chi connectivity index (χ3v) is 3.21. The zero-order valence-electron chi connectivity index (χ0n) is 11.4. The summed E-state index contributed by atoms with van der Waals surface area (Å²) in [5, 5.41) is 4.95. The number of hydrogen-bond acceptors (Lipinski definition) is 2. The third kappa shape index (κ3) is 3.40. The highest BCUT2D eigenvalue weighted by Gasteiger charge is 2.15. The average Bonchev–Trinajstić information content (AvgIpc) is 2.50. The summed E-state index contributed by atoms with van der Waals surface area (Å²) in [5.74, 6) is -2.84. The molecule has 0 aromatic heterocycles.